The van der Waals surface area contributed by atoms with Crippen LogP contribution in [0.1, 0.15) is 58.4 Å². The van der Waals surface area contributed by atoms with E-state index < -0.39 is 10.8 Å². The first-order valence-electron chi connectivity index (χ1n) is 9.06. The number of hydrogen-bond donors (Lipinski definition) is 0. The molecule has 1 unspecified atom stereocenters. The molecule has 0 aliphatic rings. The van der Waals surface area contributed by atoms with Gasteiger partial charge < -0.3 is 4.90 Å². The van der Waals surface area contributed by atoms with Gasteiger partial charge in [0.2, 0.25) is 6.41 Å². The molecule has 0 N–H and O–H groups in total. The summed E-state index contributed by atoms with van der Waals surface area (Å²) in [5.41, 5.74) is 1.41. The highest BCUT2D eigenvalue weighted by atomic mass is 32.2. The van der Waals surface area contributed by atoms with Crippen molar-refractivity contribution < 1.29 is 9.00 Å². The van der Waals surface area contributed by atoms with Crippen molar-refractivity contribution in [2.45, 2.75) is 64.3 Å². The van der Waals surface area contributed by atoms with E-state index in [0.29, 0.717) is 12.0 Å². The van der Waals surface area contributed by atoms with Gasteiger partial charge in [-0.05, 0) is 42.4 Å². The lowest BCUT2D eigenvalue weighted by Gasteiger charge is -2.31. The number of rotatable bonds is 11. The van der Waals surface area contributed by atoms with E-state index in [9.17, 15) is 9.00 Å². The number of hydrogen-bond acceptors (Lipinski definition) is 2. The summed E-state index contributed by atoms with van der Waals surface area (Å²) in [7, 11) is -0.955. The number of carbonyl (C=O) groups excluding carboxylic acids is 1. The van der Waals surface area contributed by atoms with Crippen LogP contribution in [0.4, 0.5) is 0 Å². The molecule has 1 aromatic rings. The third-order valence-corrected chi connectivity index (χ3v) is 5.44. The third kappa shape index (κ3) is 9.01. The van der Waals surface area contributed by atoms with Crippen molar-refractivity contribution >= 4 is 17.2 Å². The van der Waals surface area contributed by atoms with Crippen molar-refractivity contribution in [2.24, 2.45) is 5.41 Å². The van der Waals surface area contributed by atoms with Crippen molar-refractivity contribution in [3.05, 3.63) is 43.0 Å². The minimum Gasteiger partial charge on any atom is -0.341 e. The van der Waals surface area contributed by atoms with E-state index in [-0.39, 0.29) is 0 Å². The molecule has 142 valence electrons. The molecular weight excluding hydrogens is 330 g/mol. The SMILES string of the molecule is C=C.CCCC(C)(CCC)CCN(C=O)Cc1ccc(S(C)=O)cc1. The minimum atomic E-state index is -0.955. The highest BCUT2D eigenvalue weighted by molar-refractivity contribution is 7.84. The molecule has 0 radical (unpaired) electrons. The zero-order chi connectivity index (χ0) is 19.3. The predicted octanol–water partition coefficient (Wildman–Crippen LogP) is 5.18. The van der Waals surface area contributed by atoms with E-state index >= 15 is 0 Å². The molecule has 0 saturated carbocycles. The van der Waals surface area contributed by atoms with Crippen LogP contribution in [0.2, 0.25) is 0 Å². The Balaban J connectivity index is 0.00000277. The smallest absolute Gasteiger partial charge is 0.210 e. The van der Waals surface area contributed by atoms with Crippen LogP contribution in [0.3, 0.4) is 0 Å². The Kier molecular flexibility index (Phi) is 12.1. The maximum atomic E-state index is 11.4. The van der Waals surface area contributed by atoms with Gasteiger partial charge >= 0.3 is 0 Å². The number of benzene rings is 1. The Hall–Kier alpha value is -1.42. The van der Waals surface area contributed by atoms with E-state index in [1.165, 1.54) is 25.7 Å². The molecule has 0 spiro atoms. The van der Waals surface area contributed by atoms with Crippen LogP contribution >= 0.6 is 0 Å². The molecular formula is C21H35NO2S. The van der Waals surface area contributed by atoms with Gasteiger partial charge in [-0.3, -0.25) is 9.00 Å². The van der Waals surface area contributed by atoms with E-state index in [1.54, 1.807) is 6.26 Å². The van der Waals surface area contributed by atoms with Crippen LogP contribution in [0.15, 0.2) is 42.3 Å². The first kappa shape index (κ1) is 23.6. The molecule has 0 bridgehead atoms. The Bertz CT molecular complexity index is 507. The summed E-state index contributed by atoms with van der Waals surface area (Å²) in [6, 6.07) is 7.69. The summed E-state index contributed by atoms with van der Waals surface area (Å²) >= 11 is 0. The van der Waals surface area contributed by atoms with E-state index in [2.05, 4.69) is 33.9 Å². The van der Waals surface area contributed by atoms with Crippen molar-refractivity contribution in [3.8, 4) is 0 Å². The van der Waals surface area contributed by atoms with Gasteiger partial charge in [-0.2, -0.15) is 0 Å². The van der Waals surface area contributed by atoms with Gasteiger partial charge in [-0.1, -0.05) is 45.7 Å². The fourth-order valence-electron chi connectivity index (χ4n) is 3.19. The molecule has 0 fully saturated rings. The maximum absolute atomic E-state index is 11.4. The predicted molar refractivity (Wildman–Crippen MR) is 109 cm³/mol. The van der Waals surface area contributed by atoms with Crippen LogP contribution in [0, 0.1) is 5.41 Å². The Morgan fingerprint density at radius 3 is 2.00 bits per heavy atom. The topological polar surface area (TPSA) is 37.4 Å². The van der Waals surface area contributed by atoms with Gasteiger partial charge in [-0.15, -0.1) is 13.2 Å². The lowest BCUT2D eigenvalue weighted by atomic mass is 9.78. The molecule has 1 atom stereocenters. The quantitative estimate of drug-likeness (QED) is 0.400. The summed E-state index contributed by atoms with van der Waals surface area (Å²) in [5, 5.41) is 0. The molecule has 1 rings (SSSR count). The highest BCUT2D eigenvalue weighted by Crippen LogP contribution is 2.33. The monoisotopic (exact) mass is 365 g/mol. The van der Waals surface area contributed by atoms with Crippen LogP contribution in [0.5, 0.6) is 0 Å². The first-order valence-corrected chi connectivity index (χ1v) is 10.6. The molecule has 3 nitrogen and oxygen atoms in total. The summed E-state index contributed by atoms with van der Waals surface area (Å²) in [5.74, 6) is 0. The second-order valence-electron chi connectivity index (χ2n) is 6.73. The average molecular weight is 366 g/mol. The van der Waals surface area contributed by atoms with Crippen LogP contribution in [-0.4, -0.2) is 28.3 Å². The van der Waals surface area contributed by atoms with Gasteiger partial charge in [0.25, 0.3) is 0 Å². The molecule has 0 aliphatic carbocycles. The van der Waals surface area contributed by atoms with Gasteiger partial charge in [0.1, 0.15) is 0 Å². The number of amides is 1. The maximum Gasteiger partial charge on any atom is 0.210 e. The zero-order valence-electron chi connectivity index (χ0n) is 16.4. The number of carbonyl (C=O) groups is 1. The van der Waals surface area contributed by atoms with Gasteiger partial charge in [0, 0.05) is 35.0 Å². The second kappa shape index (κ2) is 12.9. The summed E-state index contributed by atoms with van der Waals surface area (Å²) < 4.78 is 11.4. The summed E-state index contributed by atoms with van der Waals surface area (Å²) in [4.78, 5) is 14.1. The normalized spacial score (nSPS) is 12.0. The molecule has 4 heteroatoms. The van der Waals surface area contributed by atoms with Crippen molar-refractivity contribution in [3.63, 3.8) is 0 Å². The summed E-state index contributed by atoms with van der Waals surface area (Å²) in [6.07, 6.45) is 8.47. The largest absolute Gasteiger partial charge is 0.341 e. The van der Waals surface area contributed by atoms with Crippen molar-refractivity contribution in [1.82, 2.24) is 4.90 Å². The van der Waals surface area contributed by atoms with E-state index in [0.717, 1.165) is 29.8 Å². The van der Waals surface area contributed by atoms with Gasteiger partial charge in [0.15, 0.2) is 0 Å². The van der Waals surface area contributed by atoms with E-state index in [4.69, 9.17) is 0 Å². The Morgan fingerprint density at radius 2 is 1.60 bits per heavy atom. The van der Waals surface area contributed by atoms with E-state index in [1.807, 2.05) is 29.2 Å². The highest BCUT2D eigenvalue weighted by Gasteiger charge is 2.22. The Labute approximate surface area is 157 Å². The number of nitrogens with zero attached hydrogens (tertiary/aromatic N) is 1. The molecule has 0 saturated heterocycles. The minimum absolute atomic E-state index is 0.327. The lowest BCUT2D eigenvalue weighted by molar-refractivity contribution is -0.119. The lowest BCUT2D eigenvalue weighted by Crippen LogP contribution is -2.28. The van der Waals surface area contributed by atoms with Crippen molar-refractivity contribution in [2.75, 3.05) is 12.8 Å². The Morgan fingerprint density at radius 1 is 1.08 bits per heavy atom. The van der Waals surface area contributed by atoms with Crippen LogP contribution in [0.25, 0.3) is 0 Å². The molecule has 0 heterocycles. The summed E-state index contributed by atoms with van der Waals surface area (Å²) in [6.45, 7) is 14.2. The molecule has 1 aromatic carbocycles. The van der Waals surface area contributed by atoms with Gasteiger partial charge in [0.05, 0.1) is 0 Å². The molecule has 25 heavy (non-hydrogen) atoms. The van der Waals surface area contributed by atoms with Crippen LogP contribution in [-0.2, 0) is 22.1 Å². The fraction of sp³-hybridized carbons (Fsp3) is 0.571. The molecule has 0 aromatic heterocycles. The van der Waals surface area contributed by atoms with Crippen LogP contribution < -0.4 is 0 Å². The zero-order valence-corrected chi connectivity index (χ0v) is 17.2. The standard InChI is InChI=1S/C19H31NO2S.C2H4/c1-5-11-19(3,12-6-2)13-14-20(16-21)15-17-7-9-18(10-8-17)23(4)22;1-2/h7-10,16H,5-6,11-15H2,1-4H3;1-2H2. The second-order valence-corrected chi connectivity index (χ2v) is 8.11. The average Bonchev–Trinajstić information content (AvgIpc) is 2.61. The molecule has 1 amide bonds. The fourth-order valence-corrected chi connectivity index (χ4v) is 3.71. The molecule has 0 aliphatic heterocycles. The van der Waals surface area contributed by atoms with Gasteiger partial charge in [-0.25, -0.2) is 0 Å². The third-order valence-electron chi connectivity index (χ3n) is 4.50. The van der Waals surface area contributed by atoms with Crippen molar-refractivity contribution in [1.29, 1.82) is 0 Å². The first-order chi connectivity index (χ1) is 11.9.